The van der Waals surface area contributed by atoms with E-state index >= 15 is 0 Å². The summed E-state index contributed by atoms with van der Waals surface area (Å²) in [5.74, 6) is -0.430. The van der Waals surface area contributed by atoms with E-state index in [1.807, 2.05) is 0 Å². The fourth-order valence-electron chi connectivity index (χ4n) is 2.71. The number of hydrogen-bond donors (Lipinski definition) is 2. The van der Waals surface area contributed by atoms with E-state index in [4.69, 9.17) is 11.6 Å². The SMILES string of the molecule is CC(=O)Nc1cccc(C(=O)NC2CCN(C(=O)C(C)Cl)CC2)c1. The second-order valence-corrected chi connectivity index (χ2v) is 6.61. The van der Waals surface area contributed by atoms with Gasteiger partial charge in [-0.2, -0.15) is 0 Å². The second-order valence-electron chi connectivity index (χ2n) is 5.95. The number of carbonyl (C=O) groups is 3. The number of anilines is 1. The summed E-state index contributed by atoms with van der Waals surface area (Å²) in [6, 6.07) is 6.83. The van der Waals surface area contributed by atoms with Crippen LogP contribution in [0.2, 0.25) is 0 Å². The predicted octanol–water partition coefficient (Wildman–Crippen LogP) is 1.99. The van der Waals surface area contributed by atoms with Crippen LogP contribution in [0.3, 0.4) is 0 Å². The van der Waals surface area contributed by atoms with Crippen molar-refractivity contribution in [3.8, 4) is 0 Å². The molecule has 1 heterocycles. The van der Waals surface area contributed by atoms with Crippen molar-refractivity contribution < 1.29 is 14.4 Å². The lowest BCUT2D eigenvalue weighted by atomic mass is 10.0. The molecule has 2 N–H and O–H groups in total. The molecule has 24 heavy (non-hydrogen) atoms. The van der Waals surface area contributed by atoms with Crippen molar-refractivity contribution in [3.63, 3.8) is 0 Å². The Morgan fingerprint density at radius 3 is 2.50 bits per heavy atom. The van der Waals surface area contributed by atoms with E-state index in [1.54, 1.807) is 36.1 Å². The highest BCUT2D eigenvalue weighted by molar-refractivity contribution is 6.30. The van der Waals surface area contributed by atoms with Crippen molar-refractivity contribution in [2.45, 2.75) is 38.1 Å². The maximum atomic E-state index is 12.3. The first kappa shape index (κ1) is 18.3. The van der Waals surface area contributed by atoms with Crippen LogP contribution in [0.25, 0.3) is 0 Å². The van der Waals surface area contributed by atoms with E-state index in [0.29, 0.717) is 37.2 Å². The number of hydrogen-bond acceptors (Lipinski definition) is 3. The molecule has 0 radical (unpaired) electrons. The topological polar surface area (TPSA) is 78.5 Å². The lowest BCUT2D eigenvalue weighted by Crippen LogP contribution is -2.48. The Morgan fingerprint density at radius 2 is 1.92 bits per heavy atom. The Balaban J connectivity index is 1.90. The van der Waals surface area contributed by atoms with Crippen LogP contribution < -0.4 is 10.6 Å². The highest BCUT2D eigenvalue weighted by Gasteiger charge is 2.26. The van der Waals surface area contributed by atoms with Crippen molar-refractivity contribution in [1.29, 1.82) is 0 Å². The Bertz CT molecular complexity index is 625. The molecule has 7 heteroatoms. The van der Waals surface area contributed by atoms with E-state index in [0.717, 1.165) is 0 Å². The number of amides is 3. The van der Waals surface area contributed by atoms with E-state index < -0.39 is 5.38 Å². The fraction of sp³-hybridized carbons (Fsp3) is 0.471. The third-order valence-corrected chi connectivity index (χ3v) is 4.11. The first-order valence-corrected chi connectivity index (χ1v) is 8.42. The van der Waals surface area contributed by atoms with Gasteiger partial charge in [0.25, 0.3) is 5.91 Å². The molecule has 6 nitrogen and oxygen atoms in total. The van der Waals surface area contributed by atoms with Crippen LogP contribution in [-0.4, -0.2) is 47.1 Å². The highest BCUT2D eigenvalue weighted by Crippen LogP contribution is 2.15. The molecule has 1 saturated heterocycles. The van der Waals surface area contributed by atoms with Crippen LogP contribution in [0, 0.1) is 0 Å². The van der Waals surface area contributed by atoms with Gasteiger partial charge in [0, 0.05) is 37.3 Å². The average Bonchev–Trinajstić information content (AvgIpc) is 2.54. The monoisotopic (exact) mass is 351 g/mol. The molecule has 1 unspecified atom stereocenters. The molecule has 0 aliphatic carbocycles. The first-order valence-electron chi connectivity index (χ1n) is 7.98. The molecule has 0 saturated carbocycles. The van der Waals surface area contributed by atoms with Gasteiger partial charge in [-0.1, -0.05) is 6.07 Å². The van der Waals surface area contributed by atoms with E-state index in [-0.39, 0.29) is 23.8 Å². The number of carbonyl (C=O) groups excluding carboxylic acids is 3. The van der Waals surface area contributed by atoms with Crippen molar-refractivity contribution in [3.05, 3.63) is 29.8 Å². The molecule has 3 amide bonds. The maximum absolute atomic E-state index is 12.3. The van der Waals surface area contributed by atoms with Gasteiger partial charge in [-0.25, -0.2) is 0 Å². The van der Waals surface area contributed by atoms with Gasteiger partial charge in [0.15, 0.2) is 0 Å². The fourth-order valence-corrected chi connectivity index (χ4v) is 2.84. The summed E-state index contributed by atoms with van der Waals surface area (Å²) >= 11 is 5.82. The van der Waals surface area contributed by atoms with Crippen molar-refractivity contribution in [2.75, 3.05) is 18.4 Å². The van der Waals surface area contributed by atoms with E-state index in [2.05, 4.69) is 10.6 Å². The summed E-state index contributed by atoms with van der Waals surface area (Å²) in [6.07, 6.45) is 1.40. The molecule has 1 fully saturated rings. The van der Waals surface area contributed by atoms with Gasteiger partial charge < -0.3 is 15.5 Å². The largest absolute Gasteiger partial charge is 0.349 e. The third-order valence-electron chi connectivity index (χ3n) is 3.93. The first-order chi connectivity index (χ1) is 11.4. The normalized spacial score (nSPS) is 16.4. The zero-order valence-corrected chi connectivity index (χ0v) is 14.6. The molecule has 2 rings (SSSR count). The third kappa shape index (κ3) is 4.96. The minimum absolute atomic E-state index is 0.0246. The van der Waals surface area contributed by atoms with Gasteiger partial charge in [-0.15, -0.1) is 11.6 Å². The molecular formula is C17H22ClN3O3. The smallest absolute Gasteiger partial charge is 0.251 e. The minimum Gasteiger partial charge on any atom is -0.349 e. The number of likely N-dealkylation sites (tertiary alicyclic amines) is 1. The summed E-state index contributed by atoms with van der Waals surface area (Å²) in [5, 5.41) is 5.12. The van der Waals surface area contributed by atoms with Crippen LogP contribution in [0.15, 0.2) is 24.3 Å². The zero-order chi connectivity index (χ0) is 17.7. The number of alkyl halides is 1. The molecule has 0 spiro atoms. The molecule has 1 aromatic rings. The van der Waals surface area contributed by atoms with Gasteiger partial charge in [0.2, 0.25) is 11.8 Å². The average molecular weight is 352 g/mol. The number of benzene rings is 1. The maximum Gasteiger partial charge on any atom is 0.251 e. The van der Waals surface area contributed by atoms with E-state index in [9.17, 15) is 14.4 Å². The molecule has 130 valence electrons. The van der Waals surface area contributed by atoms with Crippen molar-refractivity contribution in [2.24, 2.45) is 0 Å². The second kappa shape index (κ2) is 8.15. The molecule has 1 aliphatic rings. The molecule has 0 bridgehead atoms. The standard InChI is InChI=1S/C17H22ClN3O3/c1-11(18)17(24)21-8-6-14(7-9-21)20-16(23)13-4-3-5-15(10-13)19-12(2)22/h3-5,10-11,14H,6-9H2,1-2H3,(H,19,22)(H,20,23). The van der Waals surface area contributed by atoms with Crippen LogP contribution in [0.5, 0.6) is 0 Å². The molecule has 1 atom stereocenters. The zero-order valence-electron chi connectivity index (χ0n) is 13.8. The minimum atomic E-state index is -0.521. The van der Waals surface area contributed by atoms with Crippen LogP contribution in [0.1, 0.15) is 37.0 Å². The van der Waals surface area contributed by atoms with Gasteiger partial charge in [0.1, 0.15) is 5.38 Å². The Kier molecular flexibility index (Phi) is 6.20. The number of halogens is 1. The van der Waals surface area contributed by atoms with Crippen LogP contribution in [0.4, 0.5) is 5.69 Å². The Labute approximate surface area is 146 Å². The number of nitrogens with one attached hydrogen (secondary N) is 2. The lowest BCUT2D eigenvalue weighted by Gasteiger charge is -2.33. The van der Waals surface area contributed by atoms with Gasteiger partial charge in [-0.3, -0.25) is 14.4 Å². The number of rotatable bonds is 4. The number of piperidine rings is 1. The molecule has 0 aromatic heterocycles. The molecule has 1 aromatic carbocycles. The van der Waals surface area contributed by atoms with Gasteiger partial charge >= 0.3 is 0 Å². The highest BCUT2D eigenvalue weighted by atomic mass is 35.5. The summed E-state index contributed by atoms with van der Waals surface area (Å²) in [5.41, 5.74) is 1.08. The molecular weight excluding hydrogens is 330 g/mol. The van der Waals surface area contributed by atoms with Gasteiger partial charge in [-0.05, 0) is 38.0 Å². The summed E-state index contributed by atoms with van der Waals surface area (Å²) in [6.45, 7) is 4.27. The quantitative estimate of drug-likeness (QED) is 0.814. The van der Waals surface area contributed by atoms with Crippen LogP contribution >= 0.6 is 11.6 Å². The Morgan fingerprint density at radius 1 is 1.25 bits per heavy atom. The summed E-state index contributed by atoms with van der Waals surface area (Å²) in [7, 11) is 0. The predicted molar refractivity (Wildman–Crippen MR) is 93.1 cm³/mol. The number of nitrogens with zero attached hydrogens (tertiary/aromatic N) is 1. The lowest BCUT2D eigenvalue weighted by molar-refractivity contribution is -0.131. The van der Waals surface area contributed by atoms with Gasteiger partial charge in [0.05, 0.1) is 0 Å². The van der Waals surface area contributed by atoms with Crippen molar-refractivity contribution in [1.82, 2.24) is 10.2 Å². The molecule has 1 aliphatic heterocycles. The van der Waals surface area contributed by atoms with E-state index in [1.165, 1.54) is 6.92 Å². The summed E-state index contributed by atoms with van der Waals surface area (Å²) in [4.78, 5) is 37.0. The van der Waals surface area contributed by atoms with Crippen molar-refractivity contribution >= 4 is 35.0 Å². The Hall–Kier alpha value is -2.08. The van der Waals surface area contributed by atoms with Crippen LogP contribution in [-0.2, 0) is 9.59 Å². The summed E-state index contributed by atoms with van der Waals surface area (Å²) < 4.78 is 0.